The number of piperidine rings is 1. The molecule has 3 heterocycles. The van der Waals surface area contributed by atoms with Crippen molar-refractivity contribution in [2.45, 2.75) is 95.9 Å². The molecule has 1 aromatic heterocycles. The summed E-state index contributed by atoms with van der Waals surface area (Å²) >= 11 is 3.66. The van der Waals surface area contributed by atoms with E-state index in [0.717, 1.165) is 53.9 Å². The summed E-state index contributed by atoms with van der Waals surface area (Å²) in [5.41, 5.74) is 0.237. The van der Waals surface area contributed by atoms with E-state index in [9.17, 15) is 9.59 Å². The highest BCUT2D eigenvalue weighted by Gasteiger charge is 2.42. The molecule has 220 valence electrons. The quantitative estimate of drug-likeness (QED) is 0.388. The van der Waals surface area contributed by atoms with E-state index < -0.39 is 17.2 Å². The first-order valence-electron chi connectivity index (χ1n) is 14.3. The second kappa shape index (κ2) is 11.5. The topological polar surface area (TPSA) is 94.9 Å². The van der Waals surface area contributed by atoms with Gasteiger partial charge in [0.25, 0.3) is 0 Å². The van der Waals surface area contributed by atoms with Gasteiger partial charge in [-0.05, 0) is 100 Å². The fraction of sp³-hybridized carbons (Fsp3) is 0.690. The molecule has 2 saturated heterocycles. The Kier molecular flexibility index (Phi) is 8.34. The molecule has 1 aliphatic carbocycles. The van der Waals surface area contributed by atoms with Crippen LogP contribution in [0.1, 0.15) is 90.3 Å². The lowest BCUT2D eigenvalue weighted by Gasteiger charge is -2.40. The van der Waals surface area contributed by atoms with Gasteiger partial charge in [0.15, 0.2) is 6.23 Å². The van der Waals surface area contributed by atoms with Gasteiger partial charge in [-0.2, -0.15) is 5.10 Å². The molecule has 4 atom stereocenters. The van der Waals surface area contributed by atoms with Crippen LogP contribution in [0.5, 0.6) is 0 Å². The molecule has 9 nitrogen and oxygen atoms in total. The fourth-order valence-corrected chi connectivity index (χ4v) is 6.74. The zero-order valence-corrected chi connectivity index (χ0v) is 25.4. The minimum Gasteiger partial charge on any atom is -0.450 e. The first-order valence-corrected chi connectivity index (χ1v) is 15.1. The second-order valence-electron chi connectivity index (χ2n) is 12.6. The highest BCUT2D eigenvalue weighted by molar-refractivity contribution is 9.10. The van der Waals surface area contributed by atoms with E-state index in [1.807, 2.05) is 27.7 Å². The van der Waals surface area contributed by atoms with Gasteiger partial charge in [-0.1, -0.05) is 0 Å². The van der Waals surface area contributed by atoms with Gasteiger partial charge in [-0.25, -0.2) is 18.7 Å². The summed E-state index contributed by atoms with van der Waals surface area (Å²) in [6, 6.07) is 1.57. The van der Waals surface area contributed by atoms with E-state index in [0.29, 0.717) is 31.7 Å². The maximum absolute atomic E-state index is 15.4. The number of hydrogen-bond acceptors (Lipinski definition) is 6. The molecule has 1 N–H and O–H groups in total. The molecular formula is C29H40BrFN4O5. The van der Waals surface area contributed by atoms with E-state index in [-0.39, 0.29) is 36.6 Å². The van der Waals surface area contributed by atoms with E-state index in [1.54, 1.807) is 21.8 Å². The molecule has 1 saturated carbocycles. The molecule has 11 heteroatoms. The van der Waals surface area contributed by atoms with Crippen LogP contribution in [-0.4, -0.2) is 64.3 Å². The highest BCUT2D eigenvalue weighted by Crippen LogP contribution is 2.53. The van der Waals surface area contributed by atoms with Crippen molar-refractivity contribution in [2.75, 3.05) is 26.3 Å². The normalized spacial score (nSPS) is 26.9. The van der Waals surface area contributed by atoms with Crippen LogP contribution in [0.2, 0.25) is 0 Å². The average Bonchev–Trinajstić information content (AvgIpc) is 3.49. The number of halogens is 2. The minimum atomic E-state index is -0.592. The summed E-state index contributed by atoms with van der Waals surface area (Å²) in [4.78, 5) is 26.7. The van der Waals surface area contributed by atoms with E-state index in [2.05, 4.69) is 26.3 Å². The molecule has 2 aromatic rings. The van der Waals surface area contributed by atoms with Gasteiger partial charge in [-0.3, -0.25) is 0 Å². The van der Waals surface area contributed by atoms with Gasteiger partial charge >= 0.3 is 12.2 Å². The first-order chi connectivity index (χ1) is 18.9. The largest absolute Gasteiger partial charge is 0.450 e. The smallest absolute Gasteiger partial charge is 0.410 e. The highest BCUT2D eigenvalue weighted by atomic mass is 79.9. The summed E-state index contributed by atoms with van der Waals surface area (Å²) in [5, 5.41) is 8.35. The van der Waals surface area contributed by atoms with Crippen molar-refractivity contribution in [1.29, 1.82) is 0 Å². The van der Waals surface area contributed by atoms with Crippen molar-refractivity contribution in [1.82, 2.24) is 20.0 Å². The molecule has 1 aromatic carbocycles. The Morgan fingerprint density at radius 3 is 2.83 bits per heavy atom. The van der Waals surface area contributed by atoms with Crippen LogP contribution in [-0.2, 0) is 14.2 Å². The number of nitrogens with one attached hydrogen (secondary N) is 1. The fourth-order valence-electron chi connectivity index (χ4n) is 5.95. The third-order valence-electron chi connectivity index (χ3n) is 8.02. The van der Waals surface area contributed by atoms with Gasteiger partial charge < -0.3 is 24.4 Å². The standard InChI is InChI=1S/C29H40BrFN4O5/c1-28(2,3)40-27(37)34-11-7-10-29(4,17-34)33-26(36)39-13-9-18-14-19(18)24-21(31)15-22-20(25(24)30)16-32-35(22)23-8-5-6-12-38-23/h15-16,18-19,23H,5-14,17H2,1-4H3,(H,33,36)/t18-,19+,23?,29-/m1/s1. The Labute approximate surface area is 243 Å². The van der Waals surface area contributed by atoms with E-state index >= 15 is 4.39 Å². The van der Waals surface area contributed by atoms with Gasteiger partial charge in [0.05, 0.1) is 23.9 Å². The van der Waals surface area contributed by atoms with Crippen LogP contribution in [0.3, 0.4) is 0 Å². The number of amides is 2. The zero-order chi connectivity index (χ0) is 28.7. The molecule has 3 fully saturated rings. The lowest BCUT2D eigenvalue weighted by molar-refractivity contribution is -0.0367. The third-order valence-corrected chi connectivity index (χ3v) is 8.88. The lowest BCUT2D eigenvalue weighted by atomic mass is 9.91. The van der Waals surface area contributed by atoms with Crippen LogP contribution in [0.15, 0.2) is 16.7 Å². The van der Waals surface area contributed by atoms with Gasteiger partial charge in [-0.15, -0.1) is 0 Å². The van der Waals surface area contributed by atoms with Crippen LogP contribution >= 0.6 is 15.9 Å². The number of nitrogens with zero attached hydrogens (tertiary/aromatic N) is 3. The maximum Gasteiger partial charge on any atom is 0.410 e. The van der Waals surface area contributed by atoms with Crippen molar-refractivity contribution < 1.29 is 28.2 Å². The molecule has 2 amide bonds. The maximum atomic E-state index is 15.4. The van der Waals surface area contributed by atoms with E-state index in [4.69, 9.17) is 14.2 Å². The monoisotopic (exact) mass is 622 g/mol. The Morgan fingerprint density at radius 1 is 1.30 bits per heavy atom. The lowest BCUT2D eigenvalue weighted by Crippen LogP contribution is -2.58. The number of fused-ring (bicyclic) bond motifs is 1. The van der Waals surface area contributed by atoms with Crippen molar-refractivity contribution in [2.24, 2.45) is 5.92 Å². The molecular weight excluding hydrogens is 583 g/mol. The number of aromatic nitrogens is 2. The van der Waals surface area contributed by atoms with Crippen LogP contribution in [0.4, 0.5) is 14.0 Å². The van der Waals surface area contributed by atoms with Gasteiger partial charge in [0, 0.05) is 41.2 Å². The van der Waals surface area contributed by atoms with Crippen molar-refractivity contribution in [3.05, 3.63) is 28.1 Å². The molecule has 0 radical (unpaired) electrons. The van der Waals surface area contributed by atoms with Crippen LogP contribution < -0.4 is 5.32 Å². The number of carbonyl (C=O) groups excluding carboxylic acids is 2. The van der Waals surface area contributed by atoms with Crippen molar-refractivity contribution in [3.63, 3.8) is 0 Å². The molecule has 1 unspecified atom stereocenters. The molecule has 3 aliphatic rings. The molecule has 5 rings (SSSR count). The summed E-state index contributed by atoms with van der Waals surface area (Å²) in [5.74, 6) is 0.0570. The molecule has 2 aliphatic heterocycles. The molecule has 40 heavy (non-hydrogen) atoms. The number of carbonyl (C=O) groups is 2. The Morgan fingerprint density at radius 2 is 2.10 bits per heavy atom. The van der Waals surface area contributed by atoms with Crippen molar-refractivity contribution >= 4 is 39.0 Å². The average molecular weight is 624 g/mol. The van der Waals surface area contributed by atoms with E-state index in [1.165, 1.54) is 0 Å². The number of hydrogen-bond donors (Lipinski definition) is 1. The van der Waals surface area contributed by atoms with Gasteiger partial charge in [0.2, 0.25) is 0 Å². The van der Waals surface area contributed by atoms with Gasteiger partial charge in [0.1, 0.15) is 11.4 Å². The summed E-state index contributed by atoms with van der Waals surface area (Å²) in [6.45, 7) is 9.32. The summed E-state index contributed by atoms with van der Waals surface area (Å²) in [7, 11) is 0. The number of alkyl carbamates (subject to hydrolysis) is 1. The molecule has 0 bridgehead atoms. The predicted molar refractivity (Wildman–Crippen MR) is 152 cm³/mol. The Hall–Kier alpha value is -2.40. The summed E-state index contributed by atoms with van der Waals surface area (Å²) in [6.07, 6.45) is 6.72. The summed E-state index contributed by atoms with van der Waals surface area (Å²) < 4.78 is 34.8. The van der Waals surface area contributed by atoms with Crippen LogP contribution in [0.25, 0.3) is 10.9 Å². The van der Waals surface area contributed by atoms with Crippen molar-refractivity contribution in [3.8, 4) is 0 Å². The Balaban J connectivity index is 1.12. The minimum absolute atomic E-state index is 0.0676. The zero-order valence-electron chi connectivity index (χ0n) is 23.8. The third kappa shape index (κ3) is 6.56. The first kappa shape index (κ1) is 29.1. The molecule has 0 spiro atoms. The SMILES string of the molecule is CC(C)(C)OC(=O)N1CCC[C@@](C)(NC(=O)OCC[C@@H]2C[C@@H]2c2c(F)cc3c(cnn3C3CCCCO3)c2Br)C1. The second-order valence-corrected chi connectivity index (χ2v) is 13.4. The number of likely N-dealkylation sites (tertiary alicyclic amines) is 1. The predicted octanol–water partition coefficient (Wildman–Crippen LogP) is 6.65. The number of rotatable bonds is 6. The Bertz CT molecular complexity index is 1260. The van der Waals surface area contributed by atoms with Crippen LogP contribution in [0, 0.1) is 11.7 Å². The number of ether oxygens (including phenoxy) is 3. The number of benzene rings is 1.